The predicted molar refractivity (Wildman–Crippen MR) is 99.3 cm³/mol. The summed E-state index contributed by atoms with van der Waals surface area (Å²) in [5.74, 6) is 1.65. The van der Waals surface area contributed by atoms with Gasteiger partial charge in [0.15, 0.2) is 5.88 Å². The van der Waals surface area contributed by atoms with E-state index in [0.29, 0.717) is 5.88 Å². The van der Waals surface area contributed by atoms with Crippen LogP contribution in [0.1, 0.15) is 0 Å². The number of rotatable bonds is 3. The third-order valence-corrected chi connectivity index (χ3v) is 4.61. The fourth-order valence-electron chi connectivity index (χ4n) is 3.40. The highest BCUT2D eigenvalue weighted by atomic mass is 16.5. The molecule has 5 heteroatoms. The molecule has 0 amide bonds. The van der Waals surface area contributed by atoms with Crippen LogP contribution >= 0.6 is 0 Å². The van der Waals surface area contributed by atoms with Crippen molar-refractivity contribution < 1.29 is 9.84 Å². The zero-order chi connectivity index (χ0) is 17.2. The van der Waals surface area contributed by atoms with Crippen molar-refractivity contribution in [3.8, 4) is 5.75 Å². The highest BCUT2D eigenvalue weighted by molar-refractivity contribution is 5.56. The standard InChI is InChI=1S/C20H21N3O2/c1-15-21-13-20(25-15)19-14-22(16-6-3-2-4-7-16)10-11-23(19)17-8-5-9-18(24)12-17/h2-9,12-13,19,21,24H,1,10-11,14H2. The van der Waals surface area contributed by atoms with Gasteiger partial charge in [0, 0.05) is 43.3 Å². The quantitative estimate of drug-likeness (QED) is 0.903. The first-order chi connectivity index (χ1) is 12.2. The van der Waals surface area contributed by atoms with Crippen LogP contribution in [0.3, 0.4) is 0 Å². The Balaban J connectivity index is 1.64. The van der Waals surface area contributed by atoms with E-state index in [1.807, 2.05) is 24.4 Å². The number of piperazine rings is 1. The predicted octanol–water partition coefficient (Wildman–Crippen LogP) is 3.02. The van der Waals surface area contributed by atoms with E-state index in [2.05, 4.69) is 46.0 Å². The smallest absolute Gasteiger partial charge is 0.189 e. The number of anilines is 2. The van der Waals surface area contributed by atoms with Crippen LogP contribution in [0.2, 0.25) is 0 Å². The van der Waals surface area contributed by atoms with Gasteiger partial charge in [-0.3, -0.25) is 0 Å². The van der Waals surface area contributed by atoms with Crippen molar-refractivity contribution in [3.63, 3.8) is 0 Å². The lowest BCUT2D eigenvalue weighted by atomic mass is 10.1. The normalized spacial score (nSPS) is 20.1. The molecule has 0 bridgehead atoms. The van der Waals surface area contributed by atoms with Crippen LogP contribution in [-0.2, 0) is 4.74 Å². The molecule has 2 aliphatic heterocycles. The molecule has 1 unspecified atom stereocenters. The second kappa shape index (κ2) is 6.43. The molecule has 1 atom stereocenters. The van der Waals surface area contributed by atoms with Gasteiger partial charge in [0.25, 0.3) is 0 Å². The van der Waals surface area contributed by atoms with Crippen LogP contribution in [-0.4, -0.2) is 30.8 Å². The van der Waals surface area contributed by atoms with Crippen LogP contribution in [0.15, 0.2) is 79.0 Å². The largest absolute Gasteiger partial charge is 0.508 e. The van der Waals surface area contributed by atoms with E-state index in [0.717, 1.165) is 31.1 Å². The molecule has 2 aromatic carbocycles. The van der Waals surface area contributed by atoms with Gasteiger partial charge in [0.2, 0.25) is 0 Å². The number of benzene rings is 2. The first-order valence-electron chi connectivity index (χ1n) is 8.40. The Labute approximate surface area is 147 Å². The van der Waals surface area contributed by atoms with Crippen molar-refractivity contribution in [1.82, 2.24) is 5.32 Å². The number of phenols is 1. The van der Waals surface area contributed by atoms with E-state index in [1.54, 1.807) is 12.1 Å². The number of hydrogen-bond acceptors (Lipinski definition) is 5. The molecule has 0 saturated carbocycles. The summed E-state index contributed by atoms with van der Waals surface area (Å²) in [6.45, 7) is 6.35. The first-order valence-corrected chi connectivity index (χ1v) is 8.40. The van der Waals surface area contributed by atoms with Crippen LogP contribution in [0.5, 0.6) is 5.75 Å². The minimum absolute atomic E-state index is 0.0301. The molecule has 0 spiro atoms. The van der Waals surface area contributed by atoms with Crippen LogP contribution in [0, 0.1) is 0 Å². The van der Waals surface area contributed by atoms with Gasteiger partial charge >= 0.3 is 0 Å². The summed E-state index contributed by atoms with van der Waals surface area (Å²) in [6, 6.07) is 17.8. The Morgan fingerprint density at radius 1 is 1.04 bits per heavy atom. The molecule has 2 aromatic rings. The number of phenolic OH excluding ortho intramolecular Hbond substituents is 1. The number of nitrogens with zero attached hydrogens (tertiary/aromatic N) is 2. The van der Waals surface area contributed by atoms with Gasteiger partial charge in [-0.2, -0.15) is 0 Å². The lowest BCUT2D eigenvalue weighted by molar-refractivity contribution is 0.282. The average molecular weight is 335 g/mol. The molecule has 1 fully saturated rings. The van der Waals surface area contributed by atoms with Gasteiger partial charge in [0.1, 0.15) is 17.6 Å². The SMILES string of the molecule is C=C1NC=C(C2CN(c3ccccc3)CCN2c2cccc(O)c2)O1. The third-order valence-electron chi connectivity index (χ3n) is 4.61. The summed E-state index contributed by atoms with van der Waals surface area (Å²) in [6.07, 6.45) is 1.87. The molecule has 128 valence electrons. The van der Waals surface area contributed by atoms with Gasteiger partial charge in [-0.15, -0.1) is 0 Å². The van der Waals surface area contributed by atoms with Gasteiger partial charge < -0.3 is 25.0 Å². The van der Waals surface area contributed by atoms with Gasteiger partial charge in [-0.1, -0.05) is 24.3 Å². The summed E-state index contributed by atoms with van der Waals surface area (Å²) in [5.41, 5.74) is 2.19. The van der Waals surface area contributed by atoms with E-state index in [1.165, 1.54) is 5.69 Å². The van der Waals surface area contributed by atoms with Crippen molar-refractivity contribution in [3.05, 3.63) is 79.0 Å². The maximum Gasteiger partial charge on any atom is 0.189 e. The summed E-state index contributed by atoms with van der Waals surface area (Å²) in [7, 11) is 0. The van der Waals surface area contributed by atoms with Gasteiger partial charge in [-0.25, -0.2) is 0 Å². The second-order valence-corrected chi connectivity index (χ2v) is 6.23. The molecule has 4 rings (SSSR count). The maximum atomic E-state index is 9.86. The van der Waals surface area contributed by atoms with Gasteiger partial charge in [-0.05, 0) is 30.8 Å². The zero-order valence-electron chi connectivity index (χ0n) is 13.9. The van der Waals surface area contributed by atoms with Crippen LogP contribution in [0.4, 0.5) is 11.4 Å². The first kappa shape index (κ1) is 15.4. The number of hydrogen-bond donors (Lipinski definition) is 2. The van der Waals surface area contributed by atoms with Crippen molar-refractivity contribution >= 4 is 11.4 Å². The Bertz CT molecular complexity index is 804. The second-order valence-electron chi connectivity index (χ2n) is 6.23. The van der Waals surface area contributed by atoms with Crippen molar-refractivity contribution in [2.45, 2.75) is 6.04 Å². The molecule has 2 aliphatic rings. The Hall–Kier alpha value is -3.08. The molecule has 0 radical (unpaired) electrons. The van der Waals surface area contributed by atoms with E-state index in [9.17, 15) is 5.11 Å². The Morgan fingerprint density at radius 3 is 2.56 bits per heavy atom. The minimum atomic E-state index is 0.0301. The number of para-hydroxylation sites is 1. The number of aromatic hydroxyl groups is 1. The topological polar surface area (TPSA) is 48.0 Å². The zero-order valence-corrected chi connectivity index (χ0v) is 13.9. The summed E-state index contributed by atoms with van der Waals surface area (Å²) >= 11 is 0. The monoisotopic (exact) mass is 335 g/mol. The molecule has 2 N–H and O–H groups in total. The number of ether oxygens (including phenoxy) is 1. The van der Waals surface area contributed by atoms with E-state index in [-0.39, 0.29) is 11.8 Å². The Kier molecular flexibility index (Phi) is 3.98. The molecule has 0 aliphatic carbocycles. The lowest BCUT2D eigenvalue weighted by Crippen LogP contribution is -2.54. The Morgan fingerprint density at radius 2 is 1.84 bits per heavy atom. The average Bonchev–Trinajstić information content (AvgIpc) is 3.08. The fraction of sp³-hybridized carbons (Fsp3) is 0.200. The molecule has 1 saturated heterocycles. The number of nitrogens with one attached hydrogen (secondary N) is 1. The van der Waals surface area contributed by atoms with Crippen LogP contribution in [0.25, 0.3) is 0 Å². The van der Waals surface area contributed by atoms with Crippen molar-refractivity contribution in [2.75, 3.05) is 29.4 Å². The highest BCUT2D eigenvalue weighted by Gasteiger charge is 2.33. The lowest BCUT2D eigenvalue weighted by Gasteiger charge is -2.43. The summed E-state index contributed by atoms with van der Waals surface area (Å²) < 4.78 is 5.79. The molecular weight excluding hydrogens is 314 g/mol. The summed E-state index contributed by atoms with van der Waals surface area (Å²) in [4.78, 5) is 4.63. The van der Waals surface area contributed by atoms with Crippen molar-refractivity contribution in [1.29, 1.82) is 0 Å². The molecule has 0 aromatic heterocycles. The molecule has 2 heterocycles. The third kappa shape index (κ3) is 3.13. The van der Waals surface area contributed by atoms with Gasteiger partial charge in [0.05, 0.1) is 0 Å². The molecule has 25 heavy (non-hydrogen) atoms. The fourth-order valence-corrected chi connectivity index (χ4v) is 3.40. The molecular formula is C20H21N3O2. The van der Waals surface area contributed by atoms with E-state index < -0.39 is 0 Å². The van der Waals surface area contributed by atoms with E-state index >= 15 is 0 Å². The van der Waals surface area contributed by atoms with Crippen molar-refractivity contribution in [2.24, 2.45) is 0 Å². The highest BCUT2D eigenvalue weighted by Crippen LogP contribution is 2.31. The summed E-state index contributed by atoms with van der Waals surface area (Å²) in [5, 5.41) is 12.9. The van der Waals surface area contributed by atoms with E-state index in [4.69, 9.17) is 4.74 Å². The minimum Gasteiger partial charge on any atom is -0.508 e. The van der Waals surface area contributed by atoms with Crippen LogP contribution < -0.4 is 15.1 Å². The molecule has 5 nitrogen and oxygen atoms in total. The maximum absolute atomic E-state index is 9.86.